The van der Waals surface area contributed by atoms with E-state index in [0.717, 1.165) is 6.07 Å². The van der Waals surface area contributed by atoms with E-state index in [0.29, 0.717) is 5.52 Å². The van der Waals surface area contributed by atoms with Gasteiger partial charge in [0.2, 0.25) is 10.0 Å². The van der Waals surface area contributed by atoms with E-state index in [-0.39, 0.29) is 10.5 Å². The number of H-pyrrole nitrogens is 1. The summed E-state index contributed by atoms with van der Waals surface area (Å²) in [5, 5.41) is 8.93. The molecule has 20 heavy (non-hydrogen) atoms. The second-order valence-corrected chi connectivity index (χ2v) is 6.39. The number of benzene rings is 1. The number of aromatic amines is 1. The average molecular weight is 300 g/mol. The average Bonchev–Trinajstić information content (AvgIpc) is 2.66. The highest BCUT2D eigenvalue weighted by atomic mass is 32.2. The van der Waals surface area contributed by atoms with Gasteiger partial charge in [-0.05, 0) is 26.0 Å². The van der Waals surface area contributed by atoms with Gasteiger partial charge in [-0.15, -0.1) is 0 Å². The minimum Gasteiger partial charge on any atom is -0.480 e. The summed E-state index contributed by atoms with van der Waals surface area (Å²) in [7, 11) is -4.05. The molecule has 0 aliphatic carbocycles. The second kappa shape index (κ2) is 4.46. The number of carbonyl (C=O) groups is 1. The van der Waals surface area contributed by atoms with E-state index in [1.807, 2.05) is 0 Å². The topological polar surface area (TPSA) is 129 Å². The van der Waals surface area contributed by atoms with E-state index in [9.17, 15) is 18.0 Å². The van der Waals surface area contributed by atoms with Gasteiger partial charge in [0, 0.05) is 6.07 Å². The van der Waals surface area contributed by atoms with Gasteiger partial charge in [-0.1, -0.05) is 0 Å². The Labute approximate surface area is 113 Å². The van der Waals surface area contributed by atoms with Gasteiger partial charge in [0.1, 0.15) is 5.54 Å². The lowest BCUT2D eigenvalue weighted by Crippen LogP contribution is -2.49. The van der Waals surface area contributed by atoms with Gasteiger partial charge in [-0.2, -0.15) is 4.72 Å². The van der Waals surface area contributed by atoms with Crippen LogP contribution in [0.4, 0.5) is 0 Å². The Morgan fingerprint density at radius 1 is 1.40 bits per heavy atom. The predicted octanol–water partition coefficient (Wildman–Crippen LogP) is 0.263. The molecule has 0 saturated heterocycles. The summed E-state index contributed by atoms with van der Waals surface area (Å²) in [4.78, 5) is 24.1. The van der Waals surface area contributed by atoms with Crippen molar-refractivity contribution in [3.05, 3.63) is 28.7 Å². The molecule has 0 radical (unpaired) electrons. The molecule has 3 N–H and O–H groups in total. The van der Waals surface area contributed by atoms with Crippen LogP contribution in [0.15, 0.2) is 32.3 Å². The Morgan fingerprint density at radius 2 is 2.05 bits per heavy atom. The standard InChI is InChI=1S/C11H12N2O6S/c1-11(2,9(14)15)13-20(17,18)6-3-4-7-8(5-6)19-10(16)12-7/h3-5,13H,1-2H3,(H,12,16)(H,14,15). The van der Waals surface area contributed by atoms with Gasteiger partial charge in [-0.25, -0.2) is 13.2 Å². The molecule has 1 aromatic heterocycles. The third-order valence-electron chi connectivity index (χ3n) is 2.63. The SMILES string of the molecule is CC(C)(NS(=O)(=O)c1ccc2[nH]c(=O)oc2c1)C(=O)O. The van der Waals surface area contributed by atoms with Gasteiger partial charge in [0.15, 0.2) is 5.58 Å². The highest BCUT2D eigenvalue weighted by Gasteiger charge is 2.33. The molecular weight excluding hydrogens is 288 g/mol. The molecule has 0 unspecified atom stereocenters. The number of aliphatic carboxylic acids is 1. The number of carboxylic acid groups (broad SMARTS) is 1. The first kappa shape index (κ1) is 14.3. The molecule has 0 atom stereocenters. The maximum absolute atomic E-state index is 12.1. The molecule has 0 aliphatic heterocycles. The highest BCUT2D eigenvalue weighted by molar-refractivity contribution is 7.89. The monoisotopic (exact) mass is 300 g/mol. The van der Waals surface area contributed by atoms with Crippen LogP contribution in [0.5, 0.6) is 0 Å². The zero-order valence-corrected chi connectivity index (χ0v) is 11.4. The molecule has 2 rings (SSSR count). The van der Waals surface area contributed by atoms with Gasteiger partial charge < -0.3 is 9.52 Å². The Kier molecular flexibility index (Phi) is 3.18. The summed E-state index contributed by atoms with van der Waals surface area (Å²) in [6, 6.07) is 3.75. The largest absolute Gasteiger partial charge is 0.480 e. The quantitative estimate of drug-likeness (QED) is 0.742. The Morgan fingerprint density at radius 3 is 2.65 bits per heavy atom. The molecule has 1 heterocycles. The summed E-state index contributed by atoms with van der Waals surface area (Å²) >= 11 is 0. The summed E-state index contributed by atoms with van der Waals surface area (Å²) in [6.07, 6.45) is 0. The van der Waals surface area contributed by atoms with Crippen molar-refractivity contribution in [1.82, 2.24) is 9.71 Å². The molecular formula is C11H12N2O6S. The maximum Gasteiger partial charge on any atom is 0.417 e. The number of sulfonamides is 1. The number of carboxylic acids is 1. The number of fused-ring (bicyclic) bond motifs is 1. The zero-order chi connectivity index (χ0) is 15.1. The molecule has 0 aliphatic rings. The molecule has 0 fully saturated rings. The Hall–Kier alpha value is -2.13. The smallest absolute Gasteiger partial charge is 0.417 e. The first-order valence-corrected chi connectivity index (χ1v) is 7.00. The van der Waals surface area contributed by atoms with Crippen LogP contribution in [-0.4, -0.2) is 30.0 Å². The summed E-state index contributed by atoms with van der Waals surface area (Å²) in [6.45, 7) is 2.45. The van der Waals surface area contributed by atoms with Crippen LogP contribution in [0.25, 0.3) is 11.1 Å². The van der Waals surface area contributed by atoms with E-state index >= 15 is 0 Å². The van der Waals surface area contributed by atoms with Crippen molar-refractivity contribution < 1.29 is 22.7 Å². The lowest BCUT2D eigenvalue weighted by atomic mass is 10.1. The maximum atomic E-state index is 12.1. The predicted molar refractivity (Wildman–Crippen MR) is 68.9 cm³/mol. The third kappa shape index (κ3) is 2.58. The van der Waals surface area contributed by atoms with Crippen molar-refractivity contribution in [2.45, 2.75) is 24.3 Å². The lowest BCUT2D eigenvalue weighted by Gasteiger charge is -2.20. The minimum atomic E-state index is -4.05. The first-order valence-electron chi connectivity index (χ1n) is 5.52. The summed E-state index contributed by atoms with van der Waals surface area (Å²) in [5.74, 6) is -2.01. The Balaban J connectivity index is 2.46. The molecule has 0 bridgehead atoms. The molecule has 2 aromatic rings. The molecule has 108 valence electrons. The summed E-state index contributed by atoms with van der Waals surface area (Å²) in [5.41, 5.74) is -1.23. The molecule has 0 saturated carbocycles. The van der Waals surface area contributed by atoms with Crippen LogP contribution in [0, 0.1) is 0 Å². The highest BCUT2D eigenvalue weighted by Crippen LogP contribution is 2.18. The minimum absolute atomic E-state index is 0.0750. The van der Waals surface area contributed by atoms with Gasteiger partial charge in [0.05, 0.1) is 10.4 Å². The number of hydrogen-bond acceptors (Lipinski definition) is 5. The third-order valence-corrected chi connectivity index (χ3v) is 4.28. The molecule has 8 nitrogen and oxygen atoms in total. The second-order valence-electron chi connectivity index (χ2n) is 4.71. The fourth-order valence-electron chi connectivity index (χ4n) is 1.53. The van der Waals surface area contributed by atoms with Gasteiger partial charge in [-0.3, -0.25) is 9.78 Å². The van der Waals surface area contributed by atoms with Crippen molar-refractivity contribution in [2.75, 3.05) is 0 Å². The Bertz CT molecular complexity index is 830. The van der Waals surface area contributed by atoms with E-state index in [4.69, 9.17) is 9.52 Å². The molecule has 0 spiro atoms. The number of aromatic nitrogens is 1. The van der Waals surface area contributed by atoms with Crippen molar-refractivity contribution in [3.63, 3.8) is 0 Å². The van der Waals surface area contributed by atoms with Crippen LogP contribution in [0.1, 0.15) is 13.8 Å². The van der Waals surface area contributed by atoms with E-state index in [2.05, 4.69) is 9.71 Å². The number of rotatable bonds is 4. The summed E-state index contributed by atoms with van der Waals surface area (Å²) < 4.78 is 31.0. The van der Waals surface area contributed by atoms with E-state index in [1.165, 1.54) is 26.0 Å². The lowest BCUT2D eigenvalue weighted by molar-refractivity contribution is -0.142. The normalized spacial score (nSPS) is 12.7. The fourth-order valence-corrected chi connectivity index (χ4v) is 2.92. The first-order chi connectivity index (χ1) is 9.12. The van der Waals surface area contributed by atoms with Crippen LogP contribution < -0.4 is 10.5 Å². The van der Waals surface area contributed by atoms with Crippen LogP contribution in [0.2, 0.25) is 0 Å². The van der Waals surface area contributed by atoms with Crippen molar-refractivity contribution >= 4 is 27.1 Å². The van der Waals surface area contributed by atoms with Crippen LogP contribution in [-0.2, 0) is 14.8 Å². The molecule has 1 aromatic carbocycles. The van der Waals surface area contributed by atoms with Crippen molar-refractivity contribution in [3.8, 4) is 0 Å². The zero-order valence-electron chi connectivity index (χ0n) is 10.6. The van der Waals surface area contributed by atoms with Gasteiger partial charge >= 0.3 is 11.7 Å². The molecule has 0 amide bonds. The fraction of sp³-hybridized carbons (Fsp3) is 0.273. The van der Waals surface area contributed by atoms with Crippen molar-refractivity contribution in [1.29, 1.82) is 0 Å². The number of nitrogens with one attached hydrogen (secondary N) is 2. The number of hydrogen-bond donors (Lipinski definition) is 3. The number of oxazole rings is 1. The molecule has 9 heteroatoms. The van der Waals surface area contributed by atoms with Crippen molar-refractivity contribution in [2.24, 2.45) is 0 Å². The van der Waals surface area contributed by atoms with Crippen LogP contribution in [0.3, 0.4) is 0 Å². The van der Waals surface area contributed by atoms with E-state index in [1.54, 1.807) is 0 Å². The van der Waals surface area contributed by atoms with E-state index < -0.39 is 27.3 Å². The van der Waals surface area contributed by atoms with Crippen LogP contribution >= 0.6 is 0 Å². The van der Waals surface area contributed by atoms with Gasteiger partial charge in [0.25, 0.3) is 0 Å².